The minimum atomic E-state index is -0.574. The second-order valence-electron chi connectivity index (χ2n) is 7.02. The molecule has 1 heterocycles. The number of carbonyl (C=O) groups is 1. The van der Waals surface area contributed by atoms with Crippen molar-refractivity contribution in [3.63, 3.8) is 0 Å². The lowest BCUT2D eigenvalue weighted by Gasteiger charge is -2.20. The maximum atomic E-state index is 12.2. The zero-order valence-electron chi connectivity index (χ0n) is 15.0. The molecular weight excluding hydrogens is 316 g/mol. The van der Waals surface area contributed by atoms with Crippen molar-refractivity contribution >= 4 is 6.03 Å². The molecule has 3 atom stereocenters. The molecule has 1 unspecified atom stereocenters. The first kappa shape index (κ1) is 17.5. The van der Waals surface area contributed by atoms with E-state index >= 15 is 0 Å². The molecule has 1 aromatic heterocycles. The van der Waals surface area contributed by atoms with Gasteiger partial charge in [-0.3, -0.25) is 4.68 Å². The zero-order valence-corrected chi connectivity index (χ0v) is 15.0. The average Bonchev–Trinajstić information content (AvgIpc) is 3.04. The predicted molar refractivity (Wildman–Crippen MR) is 96.3 cm³/mol. The van der Waals surface area contributed by atoms with Crippen LogP contribution in [0.4, 0.5) is 4.79 Å². The van der Waals surface area contributed by atoms with Crippen molar-refractivity contribution in [1.82, 2.24) is 20.4 Å². The Hall–Kier alpha value is -2.34. The maximum absolute atomic E-state index is 12.2. The Bertz CT molecular complexity index is 756. The van der Waals surface area contributed by atoms with Gasteiger partial charge in [-0.05, 0) is 37.0 Å². The summed E-state index contributed by atoms with van der Waals surface area (Å²) in [7, 11) is 0. The monoisotopic (exact) mass is 342 g/mol. The SMILES string of the molecule is Cc1cc(C)n(CC(C)CNC(=O)N[C@@H]2c3ccccc3C[C@@H]2O)n1. The first-order chi connectivity index (χ1) is 11.9. The molecule has 25 heavy (non-hydrogen) atoms. The molecule has 134 valence electrons. The van der Waals surface area contributed by atoms with Crippen molar-refractivity contribution in [3.8, 4) is 0 Å². The minimum Gasteiger partial charge on any atom is -0.390 e. The van der Waals surface area contributed by atoms with Gasteiger partial charge in [0, 0.05) is 25.2 Å². The van der Waals surface area contributed by atoms with Crippen molar-refractivity contribution in [2.24, 2.45) is 5.92 Å². The summed E-state index contributed by atoms with van der Waals surface area (Å²) in [4.78, 5) is 12.2. The molecule has 1 aromatic carbocycles. The number of aryl methyl sites for hydroxylation is 2. The van der Waals surface area contributed by atoms with Gasteiger partial charge in [0.25, 0.3) is 0 Å². The third kappa shape index (κ3) is 4.02. The highest BCUT2D eigenvalue weighted by molar-refractivity contribution is 5.74. The molecule has 0 saturated heterocycles. The molecule has 0 bridgehead atoms. The van der Waals surface area contributed by atoms with Crippen LogP contribution in [0.1, 0.15) is 35.5 Å². The third-order valence-electron chi connectivity index (χ3n) is 4.69. The van der Waals surface area contributed by atoms with Crippen LogP contribution < -0.4 is 10.6 Å². The van der Waals surface area contributed by atoms with Gasteiger partial charge < -0.3 is 15.7 Å². The number of aliphatic hydroxyl groups excluding tert-OH is 1. The molecular formula is C19H26N4O2. The fourth-order valence-corrected chi connectivity index (χ4v) is 3.43. The first-order valence-corrected chi connectivity index (χ1v) is 8.75. The van der Waals surface area contributed by atoms with E-state index < -0.39 is 6.10 Å². The second kappa shape index (κ2) is 7.27. The molecule has 0 spiro atoms. The third-order valence-corrected chi connectivity index (χ3v) is 4.69. The molecule has 2 aromatic rings. The summed E-state index contributed by atoms with van der Waals surface area (Å²) in [6.07, 6.45) is 0.00500. The van der Waals surface area contributed by atoms with Crippen molar-refractivity contribution in [2.45, 2.75) is 45.9 Å². The number of rotatable bonds is 5. The highest BCUT2D eigenvalue weighted by atomic mass is 16.3. The fourth-order valence-electron chi connectivity index (χ4n) is 3.43. The number of urea groups is 1. The van der Waals surface area contributed by atoms with Gasteiger partial charge in [-0.15, -0.1) is 0 Å². The molecule has 6 nitrogen and oxygen atoms in total. The van der Waals surface area contributed by atoms with Gasteiger partial charge in [0.05, 0.1) is 17.8 Å². The lowest BCUT2D eigenvalue weighted by molar-refractivity contribution is 0.142. The van der Waals surface area contributed by atoms with Gasteiger partial charge in [0.2, 0.25) is 0 Å². The molecule has 1 aliphatic carbocycles. The van der Waals surface area contributed by atoms with E-state index in [0.717, 1.165) is 29.1 Å². The van der Waals surface area contributed by atoms with Crippen molar-refractivity contribution in [3.05, 3.63) is 52.8 Å². The van der Waals surface area contributed by atoms with E-state index in [1.807, 2.05) is 48.9 Å². The van der Waals surface area contributed by atoms with Crippen molar-refractivity contribution in [1.29, 1.82) is 0 Å². The van der Waals surface area contributed by atoms with Crippen LogP contribution in [0.2, 0.25) is 0 Å². The van der Waals surface area contributed by atoms with E-state index in [1.165, 1.54) is 0 Å². The van der Waals surface area contributed by atoms with Gasteiger partial charge in [-0.1, -0.05) is 31.2 Å². The second-order valence-corrected chi connectivity index (χ2v) is 7.02. The Morgan fingerprint density at radius 3 is 2.88 bits per heavy atom. The highest BCUT2D eigenvalue weighted by Gasteiger charge is 2.31. The normalized spacial score (nSPS) is 20.2. The standard InChI is InChI=1S/C19H26N4O2/c1-12(11-23-14(3)8-13(2)22-23)10-20-19(25)21-18-16-7-5-4-6-15(16)9-17(18)24/h4-8,12,17-18,24H,9-11H2,1-3H3,(H2,20,21,25)/t12?,17-,18+/m0/s1. The first-order valence-electron chi connectivity index (χ1n) is 8.75. The van der Waals surface area contributed by atoms with E-state index in [0.29, 0.717) is 13.0 Å². The summed E-state index contributed by atoms with van der Waals surface area (Å²) in [5.41, 5.74) is 4.22. The Morgan fingerprint density at radius 1 is 1.40 bits per heavy atom. The van der Waals surface area contributed by atoms with Crippen molar-refractivity contribution in [2.75, 3.05) is 6.54 Å². The van der Waals surface area contributed by atoms with Gasteiger partial charge in [-0.25, -0.2) is 4.79 Å². The van der Waals surface area contributed by atoms with Gasteiger partial charge in [0.15, 0.2) is 0 Å². The summed E-state index contributed by atoms with van der Waals surface area (Å²) >= 11 is 0. The summed E-state index contributed by atoms with van der Waals surface area (Å²) in [5, 5.41) is 20.5. The summed E-state index contributed by atoms with van der Waals surface area (Å²) in [6, 6.07) is 9.29. The van der Waals surface area contributed by atoms with Crippen LogP contribution in [0.15, 0.2) is 30.3 Å². The van der Waals surface area contributed by atoms with E-state index in [1.54, 1.807) is 0 Å². The van der Waals surface area contributed by atoms with Crippen LogP contribution in [0.5, 0.6) is 0 Å². The highest BCUT2D eigenvalue weighted by Crippen LogP contribution is 2.30. The Kier molecular flexibility index (Phi) is 5.08. The molecule has 1 aliphatic rings. The summed E-state index contributed by atoms with van der Waals surface area (Å²) in [5.74, 6) is 0.254. The number of nitrogens with one attached hydrogen (secondary N) is 2. The molecule has 0 aliphatic heterocycles. The van der Waals surface area contributed by atoms with Gasteiger partial charge in [0.1, 0.15) is 0 Å². The van der Waals surface area contributed by atoms with Crippen LogP contribution in [-0.4, -0.2) is 33.6 Å². The number of amides is 2. The average molecular weight is 342 g/mol. The summed E-state index contributed by atoms with van der Waals surface area (Å²) in [6.45, 7) is 7.40. The number of fused-ring (bicyclic) bond motifs is 1. The molecule has 3 rings (SSSR count). The molecule has 0 saturated carbocycles. The quantitative estimate of drug-likeness (QED) is 0.778. The Morgan fingerprint density at radius 2 is 2.16 bits per heavy atom. The maximum Gasteiger partial charge on any atom is 0.315 e. The number of aliphatic hydroxyl groups is 1. The lowest BCUT2D eigenvalue weighted by Crippen LogP contribution is -2.42. The minimum absolute atomic E-state index is 0.249. The Labute approximate surface area is 148 Å². The van der Waals surface area contributed by atoms with Crippen LogP contribution >= 0.6 is 0 Å². The number of benzene rings is 1. The van der Waals surface area contributed by atoms with Crippen molar-refractivity contribution < 1.29 is 9.90 Å². The lowest BCUT2D eigenvalue weighted by atomic mass is 10.1. The largest absolute Gasteiger partial charge is 0.390 e. The predicted octanol–water partition coefficient (Wildman–Crippen LogP) is 2.09. The van der Waals surface area contributed by atoms with Crippen LogP contribution in [0.3, 0.4) is 0 Å². The molecule has 3 N–H and O–H groups in total. The van der Waals surface area contributed by atoms with Gasteiger partial charge in [-0.2, -0.15) is 5.10 Å². The smallest absolute Gasteiger partial charge is 0.315 e. The number of aromatic nitrogens is 2. The summed E-state index contributed by atoms with van der Waals surface area (Å²) < 4.78 is 1.97. The zero-order chi connectivity index (χ0) is 18.0. The van der Waals surface area contributed by atoms with E-state index in [2.05, 4.69) is 22.7 Å². The van der Waals surface area contributed by atoms with Crippen LogP contribution in [0, 0.1) is 19.8 Å². The molecule has 6 heteroatoms. The van der Waals surface area contributed by atoms with Gasteiger partial charge >= 0.3 is 6.03 Å². The molecule has 2 amide bonds. The Balaban J connectivity index is 1.50. The van der Waals surface area contributed by atoms with E-state index in [-0.39, 0.29) is 18.0 Å². The molecule has 0 radical (unpaired) electrons. The van der Waals surface area contributed by atoms with E-state index in [9.17, 15) is 9.90 Å². The van der Waals surface area contributed by atoms with E-state index in [4.69, 9.17) is 0 Å². The van der Waals surface area contributed by atoms with Crippen LogP contribution in [0.25, 0.3) is 0 Å². The topological polar surface area (TPSA) is 79.2 Å². The van der Waals surface area contributed by atoms with Crippen LogP contribution in [-0.2, 0) is 13.0 Å². The molecule has 0 fully saturated rings. The number of nitrogens with zero attached hydrogens (tertiary/aromatic N) is 2. The number of carbonyl (C=O) groups excluding carboxylic acids is 1. The number of hydrogen-bond acceptors (Lipinski definition) is 3. The fraction of sp³-hybridized carbons (Fsp3) is 0.474. The number of hydrogen-bond donors (Lipinski definition) is 3.